The van der Waals surface area contributed by atoms with Crippen LogP contribution in [0.2, 0.25) is 0 Å². The zero-order chi connectivity index (χ0) is 24.9. The van der Waals surface area contributed by atoms with Crippen LogP contribution >= 0.6 is 0 Å². The number of nitrogen functional groups attached to an aromatic ring is 1. The molecule has 1 aliphatic heterocycles. The normalized spacial score (nSPS) is 17.9. The van der Waals surface area contributed by atoms with Crippen molar-refractivity contribution in [2.24, 2.45) is 0 Å². The monoisotopic (exact) mass is 487 g/mol. The van der Waals surface area contributed by atoms with Crippen molar-refractivity contribution >= 4 is 22.9 Å². The Balaban J connectivity index is 1.19. The summed E-state index contributed by atoms with van der Waals surface area (Å²) in [5.74, 6) is 1.06. The lowest BCUT2D eigenvalue weighted by Crippen LogP contribution is -2.30. The molecule has 4 N–H and O–H groups in total. The van der Waals surface area contributed by atoms with Gasteiger partial charge >= 0.3 is 0 Å². The molecule has 1 aliphatic carbocycles. The number of likely N-dealkylation sites (tertiary alicyclic amines) is 1. The second-order valence-corrected chi connectivity index (χ2v) is 10.1. The zero-order valence-corrected chi connectivity index (χ0v) is 20.4. The summed E-state index contributed by atoms with van der Waals surface area (Å²) in [4.78, 5) is 36.3. The molecule has 0 bridgehead atoms. The van der Waals surface area contributed by atoms with Gasteiger partial charge in [0.1, 0.15) is 23.5 Å². The van der Waals surface area contributed by atoms with Gasteiger partial charge in [-0.3, -0.25) is 9.69 Å². The minimum atomic E-state index is -0.446. The SMILES string of the molecule is C[C@@H](NC(=O)c1ncnc(N)c1CN1CCCC1)c1cc(-c2nc3nc(C4(C)CC4)ccc3[nH]2)no1. The molecule has 4 aromatic rings. The molecule has 0 aromatic carbocycles. The third-order valence-corrected chi connectivity index (χ3v) is 7.28. The van der Waals surface area contributed by atoms with Crippen molar-refractivity contribution in [1.29, 1.82) is 0 Å². The Morgan fingerprint density at radius 2 is 2.06 bits per heavy atom. The first kappa shape index (κ1) is 22.6. The fourth-order valence-corrected chi connectivity index (χ4v) is 4.68. The molecule has 1 amide bonds. The van der Waals surface area contributed by atoms with Crippen molar-refractivity contribution in [2.75, 3.05) is 18.8 Å². The van der Waals surface area contributed by atoms with Crippen molar-refractivity contribution in [2.45, 2.75) is 57.5 Å². The fourth-order valence-electron chi connectivity index (χ4n) is 4.68. The van der Waals surface area contributed by atoms with Gasteiger partial charge in [0.05, 0.1) is 11.6 Å². The van der Waals surface area contributed by atoms with Crippen molar-refractivity contribution in [1.82, 2.24) is 40.3 Å². The number of aromatic nitrogens is 6. The average molecular weight is 488 g/mol. The predicted octanol–water partition coefficient (Wildman–Crippen LogP) is 3.12. The van der Waals surface area contributed by atoms with Crippen LogP contribution in [0, 0.1) is 0 Å². The number of hydrogen-bond donors (Lipinski definition) is 3. The van der Waals surface area contributed by atoms with Gasteiger partial charge in [0.2, 0.25) is 0 Å². The minimum absolute atomic E-state index is 0.171. The van der Waals surface area contributed by atoms with Gasteiger partial charge in [0, 0.05) is 29.3 Å². The molecule has 11 nitrogen and oxygen atoms in total. The standard InChI is InChI=1S/C25H29N9O2/c1-14(29-24(35)20-15(21(26)28-13-27-20)12-34-9-3-4-10-34)18-11-17(33-36-18)23-30-16-5-6-19(25(2)7-8-25)31-22(16)32-23/h5-6,11,13-14H,3-4,7-10,12H2,1-2H3,(H,29,35)(H2,26,27,28)(H,30,31,32)/t14-/m1/s1. The van der Waals surface area contributed by atoms with Crippen LogP contribution in [0.4, 0.5) is 5.82 Å². The molecular weight excluding hydrogens is 458 g/mol. The smallest absolute Gasteiger partial charge is 0.271 e. The molecule has 0 radical (unpaired) electrons. The second-order valence-electron chi connectivity index (χ2n) is 10.1. The first-order valence-electron chi connectivity index (χ1n) is 12.4. The number of amides is 1. The molecule has 2 fully saturated rings. The molecule has 2 aliphatic rings. The third kappa shape index (κ3) is 4.19. The van der Waals surface area contributed by atoms with Crippen LogP contribution in [0.15, 0.2) is 29.0 Å². The van der Waals surface area contributed by atoms with Crippen LogP contribution in [-0.2, 0) is 12.0 Å². The predicted molar refractivity (Wildman–Crippen MR) is 133 cm³/mol. The highest BCUT2D eigenvalue weighted by Gasteiger charge is 2.40. The van der Waals surface area contributed by atoms with Crippen LogP contribution < -0.4 is 11.1 Å². The average Bonchev–Trinajstić information content (AvgIpc) is 3.31. The Morgan fingerprint density at radius 3 is 2.83 bits per heavy atom. The van der Waals surface area contributed by atoms with Crippen molar-refractivity contribution < 1.29 is 9.32 Å². The fraction of sp³-hybridized carbons (Fsp3) is 0.440. The molecule has 6 rings (SSSR count). The lowest BCUT2D eigenvalue weighted by atomic mass is 10.1. The molecule has 4 aromatic heterocycles. The number of carbonyl (C=O) groups is 1. The lowest BCUT2D eigenvalue weighted by molar-refractivity contribution is 0.0926. The Bertz CT molecular complexity index is 1430. The van der Waals surface area contributed by atoms with Crippen LogP contribution in [0.5, 0.6) is 0 Å². The Labute approximate surface area is 207 Å². The summed E-state index contributed by atoms with van der Waals surface area (Å²) in [6.07, 6.45) is 5.91. The maximum absolute atomic E-state index is 13.1. The van der Waals surface area contributed by atoms with E-state index < -0.39 is 6.04 Å². The van der Waals surface area contributed by atoms with Gasteiger partial charge in [-0.15, -0.1) is 0 Å². The van der Waals surface area contributed by atoms with Gasteiger partial charge in [0.15, 0.2) is 17.2 Å². The molecule has 1 atom stereocenters. The topological polar surface area (TPSA) is 152 Å². The molecule has 186 valence electrons. The van der Waals surface area contributed by atoms with Gasteiger partial charge in [-0.1, -0.05) is 12.1 Å². The van der Waals surface area contributed by atoms with Gasteiger partial charge in [-0.2, -0.15) is 0 Å². The van der Waals surface area contributed by atoms with Crippen molar-refractivity contribution in [3.63, 3.8) is 0 Å². The molecule has 36 heavy (non-hydrogen) atoms. The lowest BCUT2D eigenvalue weighted by Gasteiger charge is -2.18. The van der Waals surface area contributed by atoms with E-state index in [-0.39, 0.29) is 17.0 Å². The number of H-pyrrole nitrogens is 1. The Hall–Kier alpha value is -3.86. The van der Waals surface area contributed by atoms with Gasteiger partial charge in [0.25, 0.3) is 5.91 Å². The maximum Gasteiger partial charge on any atom is 0.271 e. The van der Waals surface area contributed by atoms with E-state index in [4.69, 9.17) is 15.2 Å². The van der Waals surface area contributed by atoms with E-state index in [0.29, 0.717) is 40.9 Å². The number of hydrogen-bond acceptors (Lipinski definition) is 9. The molecule has 5 heterocycles. The number of pyridine rings is 1. The second kappa shape index (κ2) is 8.66. The van der Waals surface area contributed by atoms with Gasteiger partial charge in [-0.05, 0) is 57.8 Å². The summed E-state index contributed by atoms with van der Waals surface area (Å²) in [7, 11) is 0. The van der Waals surface area contributed by atoms with E-state index in [9.17, 15) is 4.79 Å². The van der Waals surface area contributed by atoms with E-state index in [0.717, 1.165) is 50.0 Å². The van der Waals surface area contributed by atoms with E-state index in [1.807, 2.05) is 13.0 Å². The summed E-state index contributed by atoms with van der Waals surface area (Å²) >= 11 is 0. The molecule has 11 heteroatoms. The van der Waals surface area contributed by atoms with E-state index in [2.05, 4.69) is 48.3 Å². The van der Waals surface area contributed by atoms with Crippen LogP contribution in [0.3, 0.4) is 0 Å². The molecule has 0 spiro atoms. The molecular formula is C25H29N9O2. The first-order valence-corrected chi connectivity index (χ1v) is 12.4. The number of nitrogens with one attached hydrogen (secondary N) is 2. The van der Waals surface area contributed by atoms with Crippen LogP contribution in [0.1, 0.15) is 73.1 Å². The highest BCUT2D eigenvalue weighted by atomic mass is 16.5. The van der Waals surface area contributed by atoms with Crippen LogP contribution in [-0.4, -0.2) is 54.0 Å². The van der Waals surface area contributed by atoms with Gasteiger partial charge < -0.3 is 20.6 Å². The molecule has 0 unspecified atom stereocenters. The zero-order valence-electron chi connectivity index (χ0n) is 20.4. The Kier molecular flexibility index (Phi) is 5.44. The minimum Gasteiger partial charge on any atom is -0.383 e. The summed E-state index contributed by atoms with van der Waals surface area (Å²) in [5.41, 5.74) is 10.3. The summed E-state index contributed by atoms with van der Waals surface area (Å²) in [6.45, 7) is 6.56. The largest absolute Gasteiger partial charge is 0.383 e. The molecule has 1 saturated carbocycles. The number of rotatable bonds is 7. The maximum atomic E-state index is 13.1. The van der Waals surface area contributed by atoms with E-state index >= 15 is 0 Å². The van der Waals surface area contributed by atoms with Gasteiger partial charge in [-0.25, -0.2) is 19.9 Å². The van der Waals surface area contributed by atoms with Crippen LogP contribution in [0.25, 0.3) is 22.7 Å². The number of imidazole rings is 1. The summed E-state index contributed by atoms with van der Waals surface area (Å²) in [6, 6.07) is 5.39. The number of anilines is 1. The highest BCUT2D eigenvalue weighted by molar-refractivity contribution is 5.94. The highest BCUT2D eigenvalue weighted by Crippen LogP contribution is 2.46. The number of fused-ring (bicyclic) bond motifs is 1. The Morgan fingerprint density at radius 1 is 1.25 bits per heavy atom. The number of aromatic amines is 1. The van der Waals surface area contributed by atoms with Crippen molar-refractivity contribution in [3.8, 4) is 11.5 Å². The quantitative estimate of drug-likeness (QED) is 0.357. The van der Waals surface area contributed by atoms with Crippen molar-refractivity contribution in [3.05, 3.63) is 47.2 Å². The summed E-state index contributed by atoms with van der Waals surface area (Å²) < 4.78 is 5.55. The number of nitrogens with zero attached hydrogens (tertiary/aromatic N) is 6. The first-order chi connectivity index (χ1) is 17.4. The van der Waals surface area contributed by atoms with E-state index in [1.54, 1.807) is 6.07 Å². The number of nitrogens with two attached hydrogens (primary N) is 1. The summed E-state index contributed by atoms with van der Waals surface area (Å²) in [5, 5.41) is 7.11. The molecule has 1 saturated heterocycles. The van der Waals surface area contributed by atoms with E-state index in [1.165, 1.54) is 6.33 Å². The third-order valence-electron chi connectivity index (χ3n) is 7.28. The number of carbonyl (C=O) groups excluding carboxylic acids is 1.